The Hall–Kier alpha value is -2.37. The molecule has 0 spiro atoms. The average molecular weight is 244 g/mol. The smallest absolute Gasteiger partial charge is 0.303 e. The second-order valence-corrected chi connectivity index (χ2v) is 3.75. The van der Waals surface area contributed by atoms with Crippen LogP contribution in [-0.2, 0) is 16.1 Å². The van der Waals surface area contributed by atoms with Crippen molar-refractivity contribution < 1.29 is 9.53 Å². The van der Waals surface area contributed by atoms with Gasteiger partial charge in [0, 0.05) is 6.92 Å². The Morgan fingerprint density at radius 1 is 1.06 bits per heavy atom. The molecule has 0 N–H and O–H groups in total. The van der Waals surface area contributed by atoms with Crippen molar-refractivity contribution in [3.05, 3.63) is 35.7 Å². The minimum atomic E-state index is -0.342. The maximum atomic E-state index is 10.6. The zero-order chi connectivity index (χ0) is 13.0. The van der Waals surface area contributed by atoms with Gasteiger partial charge in [-0.3, -0.25) is 4.79 Å². The molecule has 0 aliphatic heterocycles. The quantitative estimate of drug-likeness (QED) is 0.757. The first kappa shape index (κ1) is 12.1. The Labute approximate surface area is 104 Å². The first-order chi connectivity index (χ1) is 8.65. The third-order valence-corrected chi connectivity index (χ3v) is 2.20. The van der Waals surface area contributed by atoms with E-state index in [1.54, 1.807) is 12.1 Å². The lowest BCUT2D eigenvalue weighted by Gasteiger charge is -2.02. The summed E-state index contributed by atoms with van der Waals surface area (Å²) in [7, 11) is 0. The van der Waals surface area contributed by atoms with E-state index in [1.165, 1.54) is 6.92 Å². The van der Waals surface area contributed by atoms with Crippen molar-refractivity contribution in [3.63, 3.8) is 0 Å². The monoisotopic (exact) mass is 244 g/mol. The molecule has 2 heterocycles. The van der Waals surface area contributed by atoms with Gasteiger partial charge in [0.1, 0.15) is 23.7 Å². The maximum Gasteiger partial charge on any atom is 0.303 e. The third kappa shape index (κ3) is 3.07. The molecular weight excluding hydrogens is 232 g/mol. The highest BCUT2D eigenvalue weighted by molar-refractivity contribution is 5.65. The minimum Gasteiger partial charge on any atom is -0.459 e. The number of carbonyl (C=O) groups excluding carboxylic acids is 1. The van der Waals surface area contributed by atoms with E-state index in [-0.39, 0.29) is 12.6 Å². The van der Waals surface area contributed by atoms with Crippen molar-refractivity contribution in [1.29, 1.82) is 0 Å². The molecule has 0 bridgehead atoms. The number of carbonyl (C=O) groups is 1. The Kier molecular flexibility index (Phi) is 3.57. The van der Waals surface area contributed by atoms with E-state index in [2.05, 4.69) is 20.4 Å². The van der Waals surface area contributed by atoms with Crippen molar-refractivity contribution in [3.8, 4) is 11.4 Å². The number of aryl methyl sites for hydroxylation is 1. The Morgan fingerprint density at radius 3 is 2.22 bits per heavy atom. The van der Waals surface area contributed by atoms with E-state index in [4.69, 9.17) is 4.74 Å². The fourth-order valence-corrected chi connectivity index (χ4v) is 1.28. The molecule has 0 amide bonds. The van der Waals surface area contributed by atoms with E-state index in [1.807, 2.05) is 19.1 Å². The number of rotatable bonds is 3. The summed E-state index contributed by atoms with van der Waals surface area (Å²) >= 11 is 0. The Morgan fingerprint density at radius 2 is 1.72 bits per heavy atom. The van der Waals surface area contributed by atoms with E-state index in [0.29, 0.717) is 17.1 Å². The molecule has 6 heteroatoms. The van der Waals surface area contributed by atoms with Crippen LogP contribution in [0, 0.1) is 6.92 Å². The lowest BCUT2D eigenvalue weighted by Crippen LogP contribution is -2.02. The molecule has 0 radical (unpaired) electrons. The summed E-state index contributed by atoms with van der Waals surface area (Å²) < 4.78 is 4.82. The lowest BCUT2D eigenvalue weighted by atomic mass is 10.2. The minimum absolute atomic E-state index is 0.127. The van der Waals surface area contributed by atoms with Crippen LogP contribution in [0.15, 0.2) is 24.3 Å². The van der Waals surface area contributed by atoms with Gasteiger partial charge in [0.25, 0.3) is 0 Å². The van der Waals surface area contributed by atoms with Crippen LogP contribution in [0.1, 0.15) is 18.3 Å². The maximum absolute atomic E-state index is 10.6. The zero-order valence-electron chi connectivity index (χ0n) is 10.1. The predicted octanol–water partition coefficient (Wildman–Crippen LogP) is 1.31. The molecule has 2 aromatic rings. The van der Waals surface area contributed by atoms with Crippen molar-refractivity contribution in [2.75, 3.05) is 0 Å². The summed E-state index contributed by atoms with van der Waals surface area (Å²) in [6.07, 6.45) is 0. The second-order valence-electron chi connectivity index (χ2n) is 3.75. The van der Waals surface area contributed by atoms with Crippen molar-refractivity contribution in [2.24, 2.45) is 0 Å². The van der Waals surface area contributed by atoms with Crippen LogP contribution in [0.25, 0.3) is 11.4 Å². The number of hydrogen-bond donors (Lipinski definition) is 0. The highest BCUT2D eigenvalue weighted by Crippen LogP contribution is 2.12. The number of nitrogens with zero attached hydrogens (tertiary/aromatic N) is 4. The first-order valence-corrected chi connectivity index (χ1v) is 5.42. The molecule has 6 nitrogen and oxygen atoms in total. The van der Waals surface area contributed by atoms with Crippen LogP contribution < -0.4 is 0 Å². The largest absolute Gasteiger partial charge is 0.459 e. The topological polar surface area (TPSA) is 77.9 Å². The Balaban J connectivity index is 2.12. The van der Waals surface area contributed by atoms with Crippen molar-refractivity contribution >= 4 is 5.97 Å². The van der Waals surface area contributed by atoms with Gasteiger partial charge >= 0.3 is 5.97 Å². The van der Waals surface area contributed by atoms with Crippen LogP contribution in [-0.4, -0.2) is 26.4 Å². The molecular formula is C12H12N4O2. The SMILES string of the molecule is CC(=O)OCc1ccc(-c2ccc(C)nn2)nn1. The molecule has 2 aromatic heterocycles. The second kappa shape index (κ2) is 5.31. The van der Waals surface area contributed by atoms with E-state index in [9.17, 15) is 4.79 Å². The van der Waals surface area contributed by atoms with Gasteiger partial charge in [-0.05, 0) is 31.2 Å². The first-order valence-electron chi connectivity index (χ1n) is 5.42. The number of hydrogen-bond acceptors (Lipinski definition) is 6. The van der Waals surface area contributed by atoms with Gasteiger partial charge in [-0.2, -0.15) is 10.2 Å². The molecule has 0 fully saturated rings. The van der Waals surface area contributed by atoms with Gasteiger partial charge in [-0.1, -0.05) is 0 Å². The molecule has 0 atom stereocenters. The zero-order valence-corrected chi connectivity index (χ0v) is 10.1. The normalized spacial score (nSPS) is 10.1. The van der Waals surface area contributed by atoms with Gasteiger partial charge in [0.05, 0.1) is 5.69 Å². The summed E-state index contributed by atoms with van der Waals surface area (Å²) in [6.45, 7) is 3.34. The van der Waals surface area contributed by atoms with Crippen LogP contribution in [0.5, 0.6) is 0 Å². The van der Waals surface area contributed by atoms with Crippen LogP contribution in [0.4, 0.5) is 0 Å². The van der Waals surface area contributed by atoms with Crippen molar-refractivity contribution in [1.82, 2.24) is 20.4 Å². The average Bonchev–Trinajstić information content (AvgIpc) is 2.38. The van der Waals surface area contributed by atoms with Crippen LogP contribution in [0.2, 0.25) is 0 Å². The number of esters is 1. The van der Waals surface area contributed by atoms with E-state index in [0.717, 1.165) is 5.69 Å². The highest BCUT2D eigenvalue weighted by Gasteiger charge is 2.04. The fraction of sp³-hybridized carbons (Fsp3) is 0.250. The van der Waals surface area contributed by atoms with Gasteiger partial charge in [-0.15, -0.1) is 10.2 Å². The molecule has 18 heavy (non-hydrogen) atoms. The standard InChI is InChI=1S/C12H12N4O2/c1-8-3-5-11(15-13-8)12-6-4-10(14-16-12)7-18-9(2)17/h3-6H,7H2,1-2H3. The molecule has 2 rings (SSSR count). The van der Waals surface area contributed by atoms with Gasteiger partial charge in [0.2, 0.25) is 0 Å². The van der Waals surface area contributed by atoms with Crippen LogP contribution in [0.3, 0.4) is 0 Å². The highest BCUT2D eigenvalue weighted by atomic mass is 16.5. The molecule has 92 valence electrons. The molecule has 0 unspecified atom stereocenters. The molecule has 0 aromatic carbocycles. The summed E-state index contributed by atoms with van der Waals surface area (Å²) in [5.74, 6) is -0.342. The fourth-order valence-electron chi connectivity index (χ4n) is 1.28. The molecule has 0 saturated heterocycles. The molecule has 0 aliphatic rings. The predicted molar refractivity (Wildman–Crippen MR) is 63.3 cm³/mol. The summed E-state index contributed by atoms with van der Waals surface area (Å²) in [4.78, 5) is 10.6. The van der Waals surface area contributed by atoms with Gasteiger partial charge in [-0.25, -0.2) is 0 Å². The third-order valence-electron chi connectivity index (χ3n) is 2.20. The summed E-state index contributed by atoms with van der Waals surface area (Å²) in [5, 5.41) is 15.9. The number of ether oxygens (including phenoxy) is 1. The molecule has 0 aliphatic carbocycles. The van der Waals surface area contributed by atoms with E-state index >= 15 is 0 Å². The van der Waals surface area contributed by atoms with E-state index < -0.39 is 0 Å². The van der Waals surface area contributed by atoms with Gasteiger partial charge < -0.3 is 4.74 Å². The number of aromatic nitrogens is 4. The van der Waals surface area contributed by atoms with Gasteiger partial charge in [0.15, 0.2) is 0 Å². The summed E-state index contributed by atoms with van der Waals surface area (Å²) in [5.41, 5.74) is 2.73. The Bertz CT molecular complexity index is 537. The molecule has 0 saturated carbocycles. The lowest BCUT2D eigenvalue weighted by molar-refractivity contribution is -0.142. The summed E-state index contributed by atoms with van der Waals surface area (Å²) in [6, 6.07) is 7.20. The van der Waals surface area contributed by atoms with Crippen molar-refractivity contribution in [2.45, 2.75) is 20.5 Å². The van der Waals surface area contributed by atoms with Crippen LogP contribution >= 0.6 is 0 Å².